The van der Waals surface area contributed by atoms with E-state index in [1.165, 1.54) is 10.7 Å². The number of H-pyrrole nitrogens is 1. The van der Waals surface area contributed by atoms with E-state index in [0.29, 0.717) is 18.7 Å². The Balaban J connectivity index is 2.10. The molecule has 1 atom stereocenters. The van der Waals surface area contributed by atoms with Gasteiger partial charge in [-0.05, 0) is 37.8 Å². The van der Waals surface area contributed by atoms with E-state index in [2.05, 4.69) is 10.4 Å². The predicted molar refractivity (Wildman–Crippen MR) is 93.5 cm³/mol. The van der Waals surface area contributed by atoms with E-state index in [0.717, 1.165) is 5.56 Å². The fraction of sp³-hybridized carbons (Fsp3) is 0.444. The third-order valence-corrected chi connectivity index (χ3v) is 3.83. The van der Waals surface area contributed by atoms with Crippen LogP contribution in [0.3, 0.4) is 0 Å². The van der Waals surface area contributed by atoms with Gasteiger partial charge in [0.1, 0.15) is 5.69 Å². The van der Waals surface area contributed by atoms with Crippen LogP contribution in [0.4, 0.5) is 0 Å². The normalized spacial score (nSPS) is 12.9. The molecule has 0 aliphatic heterocycles. The van der Waals surface area contributed by atoms with Gasteiger partial charge in [-0.1, -0.05) is 31.5 Å². The molecule has 6 nitrogen and oxygen atoms in total. The topological polar surface area (TPSA) is 87.1 Å². The number of hydrogen-bond donors (Lipinski definition) is 3. The Labute approximate surface area is 141 Å². The Morgan fingerprint density at radius 1 is 1.33 bits per heavy atom. The quantitative estimate of drug-likeness (QED) is 0.756. The molecule has 1 unspecified atom stereocenters. The number of nitrogens with zero attached hydrogens (tertiary/aromatic N) is 1. The lowest BCUT2D eigenvalue weighted by Crippen LogP contribution is -2.35. The molecule has 1 aromatic heterocycles. The first-order valence-corrected chi connectivity index (χ1v) is 8.03. The van der Waals surface area contributed by atoms with E-state index >= 15 is 0 Å². The van der Waals surface area contributed by atoms with E-state index < -0.39 is 6.10 Å². The molecule has 2 rings (SSSR count). The molecule has 0 bridgehead atoms. The third kappa shape index (κ3) is 4.58. The van der Waals surface area contributed by atoms with E-state index in [1.807, 2.05) is 45.0 Å². The molecule has 0 spiro atoms. The fourth-order valence-corrected chi connectivity index (χ4v) is 2.68. The van der Waals surface area contributed by atoms with Crippen LogP contribution in [0.2, 0.25) is 0 Å². The van der Waals surface area contributed by atoms with Crippen LogP contribution in [0.1, 0.15) is 43.2 Å². The van der Waals surface area contributed by atoms with Gasteiger partial charge in [0.05, 0.1) is 11.8 Å². The van der Waals surface area contributed by atoms with Crippen molar-refractivity contribution in [2.75, 3.05) is 6.54 Å². The molecular formula is C18H25N3O3. The number of aromatic amines is 1. The Bertz CT molecular complexity index is 755. The van der Waals surface area contributed by atoms with Crippen LogP contribution in [0.25, 0.3) is 5.69 Å². The standard InChI is InChI=1S/C18H25N3O3/c1-12-5-7-14(8-6-12)21-16(23)9-15(20-21)17(24)19-11-18(3,4)10-13(2)22/h5-9,13,20,22H,10-11H2,1-4H3,(H,19,24). The van der Waals surface area contributed by atoms with Crippen LogP contribution in [-0.2, 0) is 0 Å². The number of aliphatic hydroxyl groups is 1. The maximum absolute atomic E-state index is 12.3. The van der Waals surface area contributed by atoms with Crippen LogP contribution in [0, 0.1) is 12.3 Å². The first-order chi connectivity index (χ1) is 11.2. The Kier molecular flexibility index (Phi) is 5.29. The number of rotatable bonds is 6. The summed E-state index contributed by atoms with van der Waals surface area (Å²) in [6.07, 6.45) is 0.146. The molecule has 0 saturated heterocycles. The molecule has 0 radical (unpaired) electrons. The molecule has 0 aliphatic rings. The molecule has 0 fully saturated rings. The number of aliphatic hydroxyl groups excluding tert-OH is 1. The van der Waals surface area contributed by atoms with Crippen molar-refractivity contribution in [3.8, 4) is 5.69 Å². The molecule has 2 aromatic rings. The SMILES string of the molecule is Cc1ccc(-n2[nH]c(C(=O)NCC(C)(C)CC(C)O)cc2=O)cc1. The average Bonchev–Trinajstić information content (AvgIpc) is 2.86. The second-order valence-corrected chi connectivity index (χ2v) is 7.08. The number of nitrogens with one attached hydrogen (secondary N) is 2. The number of aryl methyl sites for hydroxylation is 1. The highest BCUT2D eigenvalue weighted by Gasteiger charge is 2.22. The number of hydrogen-bond acceptors (Lipinski definition) is 3. The van der Waals surface area contributed by atoms with Crippen LogP contribution >= 0.6 is 0 Å². The van der Waals surface area contributed by atoms with Crippen molar-refractivity contribution in [3.63, 3.8) is 0 Å². The molecule has 3 N–H and O–H groups in total. The largest absolute Gasteiger partial charge is 0.393 e. The van der Waals surface area contributed by atoms with Crippen molar-refractivity contribution in [2.24, 2.45) is 5.41 Å². The van der Waals surface area contributed by atoms with Crippen molar-refractivity contribution >= 4 is 5.91 Å². The number of benzene rings is 1. The molecule has 1 amide bonds. The van der Waals surface area contributed by atoms with Crippen LogP contribution < -0.4 is 10.9 Å². The van der Waals surface area contributed by atoms with Gasteiger partial charge in [0.15, 0.2) is 0 Å². The summed E-state index contributed by atoms with van der Waals surface area (Å²) in [6, 6.07) is 8.74. The second kappa shape index (κ2) is 7.05. The van der Waals surface area contributed by atoms with Crippen LogP contribution in [-0.4, -0.2) is 33.4 Å². The summed E-state index contributed by atoms with van der Waals surface area (Å²) in [5.41, 5.74) is 1.47. The minimum atomic E-state index is -0.431. The van der Waals surface area contributed by atoms with Crippen molar-refractivity contribution in [1.82, 2.24) is 15.1 Å². The maximum Gasteiger partial charge on any atom is 0.271 e. The summed E-state index contributed by atoms with van der Waals surface area (Å²) >= 11 is 0. The van der Waals surface area contributed by atoms with E-state index in [4.69, 9.17) is 0 Å². The molecule has 0 saturated carbocycles. The Morgan fingerprint density at radius 2 is 1.96 bits per heavy atom. The van der Waals surface area contributed by atoms with Crippen molar-refractivity contribution < 1.29 is 9.90 Å². The van der Waals surface area contributed by atoms with Gasteiger partial charge in [0, 0.05) is 12.6 Å². The van der Waals surface area contributed by atoms with Gasteiger partial charge in [0.2, 0.25) is 0 Å². The molecule has 1 heterocycles. The Morgan fingerprint density at radius 3 is 2.54 bits per heavy atom. The zero-order valence-electron chi connectivity index (χ0n) is 14.6. The van der Waals surface area contributed by atoms with E-state index in [9.17, 15) is 14.7 Å². The van der Waals surface area contributed by atoms with E-state index in [1.54, 1.807) is 6.92 Å². The minimum Gasteiger partial charge on any atom is -0.393 e. The van der Waals surface area contributed by atoms with Gasteiger partial charge in [-0.25, -0.2) is 4.68 Å². The highest BCUT2D eigenvalue weighted by Crippen LogP contribution is 2.21. The third-order valence-electron chi connectivity index (χ3n) is 3.83. The maximum atomic E-state index is 12.3. The summed E-state index contributed by atoms with van der Waals surface area (Å²) in [7, 11) is 0. The molecular weight excluding hydrogens is 306 g/mol. The van der Waals surface area contributed by atoms with Gasteiger partial charge in [0.25, 0.3) is 11.5 Å². The molecule has 24 heavy (non-hydrogen) atoms. The summed E-state index contributed by atoms with van der Waals surface area (Å²) in [6.45, 7) is 8.05. The van der Waals surface area contributed by atoms with Crippen molar-refractivity contribution in [2.45, 2.75) is 40.2 Å². The van der Waals surface area contributed by atoms with Crippen LogP contribution in [0.15, 0.2) is 35.1 Å². The lowest BCUT2D eigenvalue weighted by Gasteiger charge is -2.26. The number of amides is 1. The first-order valence-electron chi connectivity index (χ1n) is 8.03. The highest BCUT2D eigenvalue weighted by molar-refractivity contribution is 5.92. The summed E-state index contributed by atoms with van der Waals surface area (Å²) < 4.78 is 1.34. The van der Waals surface area contributed by atoms with E-state index in [-0.39, 0.29) is 22.6 Å². The number of aromatic nitrogens is 2. The fourth-order valence-electron chi connectivity index (χ4n) is 2.68. The Hall–Kier alpha value is -2.34. The zero-order chi connectivity index (χ0) is 17.9. The monoisotopic (exact) mass is 331 g/mol. The van der Waals surface area contributed by atoms with Gasteiger partial charge < -0.3 is 10.4 Å². The number of carbonyl (C=O) groups excluding carboxylic acids is 1. The van der Waals surface area contributed by atoms with Gasteiger partial charge in [-0.2, -0.15) is 0 Å². The minimum absolute atomic E-state index is 0.216. The van der Waals surface area contributed by atoms with Gasteiger partial charge in [-0.3, -0.25) is 14.7 Å². The van der Waals surface area contributed by atoms with Crippen molar-refractivity contribution in [1.29, 1.82) is 0 Å². The van der Waals surface area contributed by atoms with Crippen LogP contribution in [0.5, 0.6) is 0 Å². The van der Waals surface area contributed by atoms with Gasteiger partial charge >= 0.3 is 0 Å². The molecule has 1 aromatic carbocycles. The molecule has 0 aliphatic carbocycles. The van der Waals surface area contributed by atoms with Gasteiger partial charge in [-0.15, -0.1) is 0 Å². The molecule has 6 heteroatoms. The summed E-state index contributed by atoms with van der Waals surface area (Å²) in [4.78, 5) is 24.4. The summed E-state index contributed by atoms with van der Waals surface area (Å²) in [5.74, 6) is -0.336. The lowest BCUT2D eigenvalue weighted by atomic mass is 9.87. The average molecular weight is 331 g/mol. The predicted octanol–water partition coefficient (Wildman–Crippen LogP) is 2.00. The first kappa shape index (κ1) is 18.0. The van der Waals surface area contributed by atoms with Crippen molar-refractivity contribution in [3.05, 3.63) is 51.9 Å². The summed E-state index contributed by atoms with van der Waals surface area (Å²) in [5, 5.41) is 15.1. The zero-order valence-corrected chi connectivity index (χ0v) is 14.6. The number of carbonyl (C=O) groups is 1. The second-order valence-electron chi connectivity index (χ2n) is 7.08. The molecule has 130 valence electrons. The highest BCUT2D eigenvalue weighted by atomic mass is 16.3. The lowest BCUT2D eigenvalue weighted by molar-refractivity contribution is 0.0897. The smallest absolute Gasteiger partial charge is 0.271 e.